The third kappa shape index (κ3) is 3.49. The Hall–Kier alpha value is -1.28. The quantitative estimate of drug-likeness (QED) is 0.870. The van der Waals surface area contributed by atoms with Crippen LogP contribution in [0.4, 0.5) is 5.69 Å². The van der Waals surface area contributed by atoms with E-state index in [0.717, 1.165) is 12.0 Å². The molecule has 2 nitrogen and oxygen atoms in total. The highest BCUT2D eigenvalue weighted by molar-refractivity contribution is 5.68. The maximum Gasteiger partial charge on any atom is 0.0439 e. The molecule has 0 aliphatic heterocycles. The largest absolute Gasteiger partial charge is 0.370 e. The van der Waals surface area contributed by atoms with Crippen LogP contribution in [-0.4, -0.2) is 26.2 Å². The van der Waals surface area contributed by atoms with Crippen molar-refractivity contribution in [2.75, 3.05) is 19.0 Å². The lowest BCUT2D eigenvalue weighted by Gasteiger charge is -2.39. The molecule has 1 fully saturated rings. The first-order valence-corrected chi connectivity index (χ1v) is 8.27. The van der Waals surface area contributed by atoms with Gasteiger partial charge in [-0.25, -0.2) is 0 Å². The molecule has 0 heterocycles. The first-order chi connectivity index (χ1) is 10.1. The van der Waals surface area contributed by atoms with Gasteiger partial charge in [-0.05, 0) is 56.5 Å². The number of hydrogen-bond acceptors (Lipinski definition) is 2. The molecule has 2 rings (SSSR count). The normalized spacial score (nSPS) is 22.1. The molecule has 0 saturated heterocycles. The third-order valence-electron chi connectivity index (χ3n) is 4.93. The molecule has 0 bridgehead atoms. The summed E-state index contributed by atoms with van der Waals surface area (Å²) < 4.78 is 0. The molecular weight excluding hydrogens is 256 g/mol. The fourth-order valence-electron chi connectivity index (χ4n) is 3.61. The summed E-state index contributed by atoms with van der Waals surface area (Å²) in [5, 5.41) is 3.51. The minimum absolute atomic E-state index is 0.601. The molecule has 1 aromatic rings. The standard InChI is InChI=1S/C19H30N2/c1-6-15-13-16(11-12-17(15)14(2)3)21(5)19-10-8-7-9-18(19)20-4/h11-13,18-20H,2,6-10H2,1,3-5H3. The molecule has 1 saturated carbocycles. The predicted octanol–water partition coefficient (Wildman–Crippen LogP) is 4.25. The van der Waals surface area contributed by atoms with Crippen molar-refractivity contribution in [3.05, 3.63) is 35.9 Å². The van der Waals surface area contributed by atoms with Crippen LogP contribution in [-0.2, 0) is 6.42 Å². The Labute approximate surface area is 130 Å². The molecule has 2 unspecified atom stereocenters. The van der Waals surface area contributed by atoms with Gasteiger partial charge < -0.3 is 10.2 Å². The fourth-order valence-corrected chi connectivity index (χ4v) is 3.61. The topological polar surface area (TPSA) is 15.3 Å². The average molecular weight is 286 g/mol. The molecular formula is C19H30N2. The van der Waals surface area contributed by atoms with Crippen LogP contribution in [0.2, 0.25) is 0 Å². The second-order valence-electron chi connectivity index (χ2n) is 6.33. The highest BCUT2D eigenvalue weighted by Gasteiger charge is 2.27. The maximum atomic E-state index is 4.10. The minimum atomic E-state index is 0.601. The number of aryl methyl sites for hydroxylation is 1. The van der Waals surface area contributed by atoms with Crippen molar-refractivity contribution in [1.29, 1.82) is 0 Å². The molecule has 1 N–H and O–H groups in total. The van der Waals surface area contributed by atoms with Gasteiger partial charge in [0.25, 0.3) is 0 Å². The highest BCUT2D eigenvalue weighted by atomic mass is 15.2. The second kappa shape index (κ2) is 7.13. The van der Waals surface area contributed by atoms with Crippen molar-refractivity contribution >= 4 is 11.3 Å². The Morgan fingerprint density at radius 1 is 1.33 bits per heavy atom. The van der Waals surface area contributed by atoms with Crippen LogP contribution in [0.15, 0.2) is 24.8 Å². The first-order valence-electron chi connectivity index (χ1n) is 8.27. The molecule has 1 aliphatic rings. The van der Waals surface area contributed by atoms with Crippen molar-refractivity contribution in [2.45, 2.75) is 58.0 Å². The van der Waals surface area contributed by atoms with E-state index >= 15 is 0 Å². The average Bonchev–Trinajstić information content (AvgIpc) is 2.53. The van der Waals surface area contributed by atoms with Gasteiger partial charge in [0.1, 0.15) is 0 Å². The van der Waals surface area contributed by atoms with Crippen LogP contribution >= 0.6 is 0 Å². The molecule has 116 valence electrons. The van der Waals surface area contributed by atoms with Gasteiger partial charge in [-0.3, -0.25) is 0 Å². The van der Waals surface area contributed by atoms with Gasteiger partial charge in [0.15, 0.2) is 0 Å². The fraction of sp³-hybridized carbons (Fsp3) is 0.579. The number of nitrogens with one attached hydrogen (secondary N) is 1. The molecule has 0 radical (unpaired) electrons. The number of likely N-dealkylation sites (N-methyl/N-ethyl adjacent to an activating group) is 2. The molecule has 0 amide bonds. The van der Waals surface area contributed by atoms with E-state index in [1.54, 1.807) is 0 Å². The lowest BCUT2D eigenvalue weighted by molar-refractivity contribution is 0.335. The van der Waals surface area contributed by atoms with E-state index in [4.69, 9.17) is 0 Å². The number of benzene rings is 1. The van der Waals surface area contributed by atoms with E-state index in [0.29, 0.717) is 12.1 Å². The lowest BCUT2D eigenvalue weighted by Crippen LogP contribution is -2.49. The summed E-state index contributed by atoms with van der Waals surface area (Å²) in [6.07, 6.45) is 6.33. The van der Waals surface area contributed by atoms with Crippen molar-refractivity contribution in [2.24, 2.45) is 0 Å². The minimum Gasteiger partial charge on any atom is -0.370 e. The number of anilines is 1. The molecule has 0 spiro atoms. The highest BCUT2D eigenvalue weighted by Crippen LogP contribution is 2.29. The van der Waals surface area contributed by atoms with Crippen LogP contribution in [0.5, 0.6) is 0 Å². The van der Waals surface area contributed by atoms with E-state index in [1.807, 2.05) is 0 Å². The van der Waals surface area contributed by atoms with E-state index in [-0.39, 0.29) is 0 Å². The maximum absolute atomic E-state index is 4.10. The van der Waals surface area contributed by atoms with Gasteiger partial charge in [-0.15, -0.1) is 0 Å². The summed E-state index contributed by atoms with van der Waals surface area (Å²) in [6, 6.07) is 8.05. The summed E-state index contributed by atoms with van der Waals surface area (Å²) in [7, 11) is 4.34. The predicted molar refractivity (Wildman–Crippen MR) is 94.0 cm³/mol. The van der Waals surface area contributed by atoms with E-state index in [9.17, 15) is 0 Å². The van der Waals surface area contributed by atoms with Crippen LogP contribution in [0.1, 0.15) is 50.7 Å². The monoisotopic (exact) mass is 286 g/mol. The Balaban J connectivity index is 2.26. The van der Waals surface area contributed by atoms with Crippen molar-refractivity contribution in [3.8, 4) is 0 Å². The molecule has 0 aromatic heterocycles. The van der Waals surface area contributed by atoms with Gasteiger partial charge in [0.2, 0.25) is 0 Å². The third-order valence-corrected chi connectivity index (χ3v) is 4.93. The Bertz CT molecular complexity index is 492. The molecule has 2 atom stereocenters. The number of rotatable bonds is 5. The smallest absolute Gasteiger partial charge is 0.0439 e. The molecule has 1 aliphatic carbocycles. The van der Waals surface area contributed by atoms with Gasteiger partial charge >= 0.3 is 0 Å². The zero-order chi connectivity index (χ0) is 15.4. The Kier molecular flexibility index (Phi) is 5.46. The van der Waals surface area contributed by atoms with Crippen molar-refractivity contribution in [1.82, 2.24) is 5.32 Å². The van der Waals surface area contributed by atoms with Crippen molar-refractivity contribution in [3.63, 3.8) is 0 Å². The van der Waals surface area contributed by atoms with E-state index in [1.165, 1.54) is 42.5 Å². The van der Waals surface area contributed by atoms with E-state index < -0.39 is 0 Å². The summed E-state index contributed by atoms with van der Waals surface area (Å²) in [5.41, 5.74) is 5.21. The first kappa shape index (κ1) is 16.1. The van der Waals surface area contributed by atoms with Gasteiger partial charge in [0, 0.05) is 24.8 Å². The molecule has 1 aromatic carbocycles. The summed E-state index contributed by atoms with van der Waals surface area (Å²) in [5.74, 6) is 0. The summed E-state index contributed by atoms with van der Waals surface area (Å²) in [6.45, 7) is 8.42. The van der Waals surface area contributed by atoms with Gasteiger partial charge in [-0.1, -0.05) is 38.0 Å². The Morgan fingerprint density at radius 2 is 2.05 bits per heavy atom. The van der Waals surface area contributed by atoms with Crippen LogP contribution in [0, 0.1) is 0 Å². The molecule has 2 heteroatoms. The molecule has 21 heavy (non-hydrogen) atoms. The zero-order valence-corrected chi connectivity index (χ0v) is 14.1. The number of nitrogens with zero attached hydrogens (tertiary/aromatic N) is 1. The van der Waals surface area contributed by atoms with Gasteiger partial charge in [-0.2, -0.15) is 0 Å². The van der Waals surface area contributed by atoms with E-state index in [2.05, 4.69) is 62.9 Å². The summed E-state index contributed by atoms with van der Waals surface area (Å²) >= 11 is 0. The van der Waals surface area contributed by atoms with Crippen molar-refractivity contribution < 1.29 is 0 Å². The Morgan fingerprint density at radius 3 is 2.67 bits per heavy atom. The second-order valence-corrected chi connectivity index (χ2v) is 6.33. The number of allylic oxidation sites excluding steroid dienone is 1. The van der Waals surface area contributed by atoms with Crippen LogP contribution in [0.25, 0.3) is 5.57 Å². The lowest BCUT2D eigenvalue weighted by atomic mass is 9.89. The summed E-state index contributed by atoms with van der Waals surface area (Å²) in [4.78, 5) is 2.47. The SMILES string of the molecule is C=C(C)c1ccc(N(C)C2CCCCC2NC)cc1CC. The van der Waals surface area contributed by atoms with Gasteiger partial charge in [0.05, 0.1) is 0 Å². The van der Waals surface area contributed by atoms with Crippen LogP contribution < -0.4 is 10.2 Å². The number of hydrogen-bond donors (Lipinski definition) is 1. The zero-order valence-electron chi connectivity index (χ0n) is 14.1. The van der Waals surface area contributed by atoms with Crippen LogP contribution in [0.3, 0.4) is 0 Å².